The molecular formula is C24H18BrFN2O2. The Morgan fingerprint density at radius 3 is 2.70 bits per heavy atom. The van der Waals surface area contributed by atoms with Crippen LogP contribution in [0, 0.1) is 24.1 Å². The fourth-order valence-electron chi connectivity index (χ4n) is 2.76. The average molecular weight is 465 g/mol. The topological polar surface area (TPSA) is 62.1 Å². The molecule has 0 aliphatic rings. The van der Waals surface area contributed by atoms with Crippen molar-refractivity contribution in [2.24, 2.45) is 0 Å². The molecule has 0 aliphatic carbocycles. The van der Waals surface area contributed by atoms with E-state index in [0.717, 1.165) is 10.0 Å². The molecule has 1 amide bonds. The van der Waals surface area contributed by atoms with Crippen molar-refractivity contribution in [1.29, 1.82) is 5.26 Å². The summed E-state index contributed by atoms with van der Waals surface area (Å²) in [6.45, 7) is 1.93. The van der Waals surface area contributed by atoms with E-state index in [1.807, 2.05) is 31.2 Å². The molecule has 3 aromatic carbocycles. The number of aryl methyl sites for hydroxylation is 1. The van der Waals surface area contributed by atoms with Crippen LogP contribution in [0.15, 0.2) is 76.8 Å². The van der Waals surface area contributed by atoms with Crippen LogP contribution in [0.25, 0.3) is 6.08 Å². The van der Waals surface area contributed by atoms with Gasteiger partial charge < -0.3 is 10.1 Å². The zero-order valence-corrected chi connectivity index (χ0v) is 17.7. The van der Waals surface area contributed by atoms with Crippen LogP contribution in [0.2, 0.25) is 0 Å². The van der Waals surface area contributed by atoms with Crippen molar-refractivity contribution in [3.8, 4) is 11.8 Å². The summed E-state index contributed by atoms with van der Waals surface area (Å²) in [7, 11) is 0. The molecular weight excluding hydrogens is 447 g/mol. The normalized spacial score (nSPS) is 10.9. The van der Waals surface area contributed by atoms with Gasteiger partial charge in [-0.1, -0.05) is 46.3 Å². The first-order chi connectivity index (χ1) is 14.5. The molecule has 30 heavy (non-hydrogen) atoms. The summed E-state index contributed by atoms with van der Waals surface area (Å²) in [6.07, 6.45) is 1.45. The first-order valence-corrected chi connectivity index (χ1v) is 9.91. The summed E-state index contributed by atoms with van der Waals surface area (Å²) < 4.78 is 20.4. The van der Waals surface area contributed by atoms with Gasteiger partial charge in [0.1, 0.15) is 29.8 Å². The summed E-state index contributed by atoms with van der Waals surface area (Å²) in [5.41, 5.74) is 2.45. The summed E-state index contributed by atoms with van der Waals surface area (Å²) in [5, 5.41) is 12.2. The van der Waals surface area contributed by atoms with Crippen LogP contribution >= 0.6 is 15.9 Å². The molecule has 3 aromatic rings. The lowest BCUT2D eigenvalue weighted by molar-refractivity contribution is -0.112. The van der Waals surface area contributed by atoms with Gasteiger partial charge in [0.15, 0.2) is 0 Å². The molecule has 0 bridgehead atoms. The number of rotatable bonds is 6. The molecule has 6 heteroatoms. The standard InChI is InChI=1S/C24H18BrFN2O2/c1-16-5-4-7-21(11-16)28-24(29)19(14-27)12-18-13-20(25)9-10-23(18)30-15-17-6-2-3-8-22(17)26/h2-13H,15H2,1H3,(H,28,29)/b19-12+. The molecule has 0 atom stereocenters. The van der Waals surface area contributed by atoms with Crippen LogP contribution in [0.1, 0.15) is 16.7 Å². The number of carbonyl (C=O) groups excluding carboxylic acids is 1. The number of anilines is 1. The lowest BCUT2D eigenvalue weighted by atomic mass is 10.1. The largest absolute Gasteiger partial charge is 0.488 e. The second kappa shape index (κ2) is 9.86. The molecule has 0 saturated heterocycles. The highest BCUT2D eigenvalue weighted by Crippen LogP contribution is 2.27. The molecule has 0 unspecified atom stereocenters. The Labute approximate surface area is 182 Å². The highest BCUT2D eigenvalue weighted by Gasteiger charge is 2.13. The van der Waals surface area contributed by atoms with Gasteiger partial charge in [0.2, 0.25) is 0 Å². The highest BCUT2D eigenvalue weighted by molar-refractivity contribution is 9.10. The van der Waals surface area contributed by atoms with E-state index in [9.17, 15) is 14.4 Å². The molecule has 0 spiro atoms. The molecule has 0 saturated carbocycles. The van der Waals surface area contributed by atoms with Crippen LogP contribution in [0.5, 0.6) is 5.75 Å². The maximum atomic E-state index is 13.9. The predicted molar refractivity (Wildman–Crippen MR) is 118 cm³/mol. The van der Waals surface area contributed by atoms with Crippen molar-refractivity contribution in [3.63, 3.8) is 0 Å². The predicted octanol–water partition coefficient (Wildman–Crippen LogP) is 6.02. The lowest BCUT2D eigenvalue weighted by Gasteiger charge is -2.11. The van der Waals surface area contributed by atoms with Crippen molar-refractivity contribution in [1.82, 2.24) is 0 Å². The van der Waals surface area contributed by atoms with E-state index < -0.39 is 5.91 Å². The van der Waals surface area contributed by atoms with Crippen molar-refractivity contribution in [3.05, 3.63) is 99.3 Å². The first kappa shape index (κ1) is 21.3. The minimum absolute atomic E-state index is 0.0204. The fourth-order valence-corrected chi connectivity index (χ4v) is 3.14. The molecule has 3 rings (SSSR count). The molecule has 0 heterocycles. The number of nitrogens with one attached hydrogen (secondary N) is 1. The van der Waals surface area contributed by atoms with Gasteiger partial charge in [-0.25, -0.2) is 4.39 Å². The Bertz CT molecular complexity index is 1150. The Hall–Kier alpha value is -3.43. The summed E-state index contributed by atoms with van der Waals surface area (Å²) in [6, 6.07) is 20.8. The van der Waals surface area contributed by atoms with E-state index in [1.165, 1.54) is 12.1 Å². The number of benzene rings is 3. The third-order valence-corrected chi connectivity index (χ3v) is 4.75. The van der Waals surface area contributed by atoms with Crippen molar-refractivity contribution in [2.45, 2.75) is 13.5 Å². The van der Waals surface area contributed by atoms with Gasteiger partial charge in [-0.05, 0) is 55.0 Å². The molecule has 150 valence electrons. The quantitative estimate of drug-likeness (QED) is 0.358. The van der Waals surface area contributed by atoms with Crippen molar-refractivity contribution >= 4 is 33.6 Å². The minimum Gasteiger partial charge on any atom is -0.488 e. The number of halogens is 2. The Kier molecular flexibility index (Phi) is 6.99. The summed E-state index contributed by atoms with van der Waals surface area (Å²) in [4.78, 5) is 12.6. The second-order valence-corrected chi connectivity index (χ2v) is 7.47. The van der Waals surface area contributed by atoms with Gasteiger partial charge in [0, 0.05) is 21.3 Å². The number of nitriles is 1. The van der Waals surface area contributed by atoms with Crippen LogP contribution < -0.4 is 10.1 Å². The molecule has 0 aromatic heterocycles. The van der Waals surface area contributed by atoms with Gasteiger partial charge in [-0.15, -0.1) is 0 Å². The number of hydrogen-bond acceptors (Lipinski definition) is 3. The number of nitrogens with zero attached hydrogens (tertiary/aromatic N) is 1. The zero-order chi connectivity index (χ0) is 21.5. The van der Waals surface area contributed by atoms with Crippen LogP contribution in [0.4, 0.5) is 10.1 Å². The Balaban J connectivity index is 1.84. The molecule has 0 radical (unpaired) electrons. The van der Waals surface area contributed by atoms with Gasteiger partial charge in [-0.2, -0.15) is 5.26 Å². The number of ether oxygens (including phenoxy) is 1. The fraction of sp³-hybridized carbons (Fsp3) is 0.0833. The third-order valence-electron chi connectivity index (χ3n) is 4.25. The van der Waals surface area contributed by atoms with Gasteiger partial charge in [0.25, 0.3) is 5.91 Å². The summed E-state index contributed by atoms with van der Waals surface area (Å²) in [5.74, 6) is -0.456. The average Bonchev–Trinajstić information content (AvgIpc) is 2.72. The van der Waals surface area contributed by atoms with Gasteiger partial charge in [0.05, 0.1) is 0 Å². The molecule has 1 N–H and O–H groups in total. The SMILES string of the molecule is Cc1cccc(NC(=O)/C(C#N)=C/c2cc(Br)ccc2OCc2ccccc2F)c1. The Morgan fingerprint density at radius 2 is 1.97 bits per heavy atom. The maximum Gasteiger partial charge on any atom is 0.266 e. The van der Waals surface area contributed by atoms with E-state index in [1.54, 1.807) is 42.5 Å². The summed E-state index contributed by atoms with van der Waals surface area (Å²) >= 11 is 3.39. The van der Waals surface area contributed by atoms with E-state index in [0.29, 0.717) is 22.6 Å². The zero-order valence-electron chi connectivity index (χ0n) is 16.2. The second-order valence-electron chi connectivity index (χ2n) is 6.56. The number of hydrogen-bond donors (Lipinski definition) is 1. The molecule has 4 nitrogen and oxygen atoms in total. The van der Waals surface area contributed by atoms with E-state index >= 15 is 0 Å². The van der Waals surface area contributed by atoms with E-state index in [-0.39, 0.29) is 18.0 Å². The van der Waals surface area contributed by atoms with Gasteiger partial charge in [-0.3, -0.25) is 4.79 Å². The molecule has 0 fully saturated rings. The minimum atomic E-state index is -0.525. The first-order valence-electron chi connectivity index (χ1n) is 9.12. The smallest absolute Gasteiger partial charge is 0.266 e. The molecule has 0 aliphatic heterocycles. The Morgan fingerprint density at radius 1 is 1.17 bits per heavy atom. The van der Waals surface area contributed by atoms with Crippen molar-refractivity contribution < 1.29 is 13.9 Å². The highest BCUT2D eigenvalue weighted by atomic mass is 79.9. The van der Waals surface area contributed by atoms with Crippen molar-refractivity contribution in [2.75, 3.05) is 5.32 Å². The van der Waals surface area contributed by atoms with Crippen LogP contribution in [-0.2, 0) is 11.4 Å². The van der Waals surface area contributed by atoms with E-state index in [2.05, 4.69) is 21.2 Å². The third kappa shape index (κ3) is 5.56. The van der Waals surface area contributed by atoms with Crippen LogP contribution in [-0.4, -0.2) is 5.91 Å². The monoisotopic (exact) mass is 464 g/mol. The number of carbonyl (C=O) groups is 1. The maximum absolute atomic E-state index is 13.9. The van der Waals surface area contributed by atoms with E-state index in [4.69, 9.17) is 4.74 Å². The lowest BCUT2D eigenvalue weighted by Crippen LogP contribution is -2.13. The van der Waals surface area contributed by atoms with Crippen LogP contribution in [0.3, 0.4) is 0 Å². The van der Waals surface area contributed by atoms with Gasteiger partial charge >= 0.3 is 0 Å². The number of amides is 1.